The summed E-state index contributed by atoms with van der Waals surface area (Å²) in [5.74, 6) is 0.554. The summed E-state index contributed by atoms with van der Waals surface area (Å²) in [7, 11) is 3.24. The van der Waals surface area contributed by atoms with E-state index in [2.05, 4.69) is 15.5 Å². The molecule has 3 N–H and O–H groups in total. The Hall–Kier alpha value is -1.31. The van der Waals surface area contributed by atoms with Crippen molar-refractivity contribution in [3.63, 3.8) is 0 Å². The molecule has 1 rings (SSSR count). The first-order valence-electron chi connectivity index (χ1n) is 5.06. The fourth-order valence-corrected chi connectivity index (χ4v) is 1.43. The van der Waals surface area contributed by atoms with Crippen molar-refractivity contribution < 1.29 is 9.47 Å². The van der Waals surface area contributed by atoms with Crippen LogP contribution in [0.1, 0.15) is 5.56 Å². The lowest BCUT2D eigenvalue weighted by atomic mass is 10.2. The van der Waals surface area contributed by atoms with Gasteiger partial charge < -0.3 is 20.5 Å². The molecule has 7 heteroatoms. The highest BCUT2D eigenvalue weighted by Gasteiger charge is 2.10. The molecule has 1 aromatic heterocycles. The molecule has 94 valence electrons. The molecule has 0 bridgehead atoms. The van der Waals surface area contributed by atoms with Crippen LogP contribution in [0.4, 0.5) is 5.82 Å². The Morgan fingerprint density at radius 3 is 2.94 bits per heavy atom. The lowest BCUT2D eigenvalue weighted by Gasteiger charge is -2.16. The molecule has 0 saturated heterocycles. The molecule has 0 radical (unpaired) electrons. The zero-order valence-electron chi connectivity index (χ0n) is 9.84. The summed E-state index contributed by atoms with van der Waals surface area (Å²) in [4.78, 5) is 0.281. The molecule has 1 unspecified atom stereocenters. The van der Waals surface area contributed by atoms with Crippen LogP contribution in [0.15, 0.2) is 12.3 Å². The summed E-state index contributed by atoms with van der Waals surface area (Å²) in [6, 6.07) is 1.72. The zero-order valence-corrected chi connectivity index (χ0v) is 10.7. The predicted octanol–water partition coefficient (Wildman–Crippen LogP) is 0.184. The normalized spacial score (nSPS) is 12.1. The van der Waals surface area contributed by atoms with Crippen LogP contribution in [-0.4, -0.2) is 48.7 Å². The minimum Gasteiger partial charge on any atom is -0.389 e. The van der Waals surface area contributed by atoms with E-state index in [1.807, 2.05) is 0 Å². The highest BCUT2D eigenvalue weighted by Crippen LogP contribution is 2.10. The topological polar surface area (TPSA) is 82.3 Å². The smallest absolute Gasteiger partial charge is 0.159 e. The van der Waals surface area contributed by atoms with E-state index in [1.165, 1.54) is 0 Å². The van der Waals surface area contributed by atoms with E-state index in [9.17, 15) is 0 Å². The number of thiocarbonyl (C=S) groups is 1. The molecule has 17 heavy (non-hydrogen) atoms. The van der Waals surface area contributed by atoms with Crippen LogP contribution in [0.5, 0.6) is 0 Å². The number of anilines is 1. The second-order valence-corrected chi connectivity index (χ2v) is 3.79. The quantitative estimate of drug-likeness (QED) is 0.673. The van der Waals surface area contributed by atoms with Crippen LogP contribution in [0.3, 0.4) is 0 Å². The molecule has 0 amide bonds. The summed E-state index contributed by atoms with van der Waals surface area (Å²) in [6.45, 7) is 1.03. The Balaban J connectivity index is 2.65. The molecule has 0 aromatic carbocycles. The predicted molar refractivity (Wildman–Crippen MR) is 69.1 cm³/mol. The van der Waals surface area contributed by atoms with Gasteiger partial charge in [0.1, 0.15) is 4.99 Å². The van der Waals surface area contributed by atoms with Gasteiger partial charge in [0, 0.05) is 20.8 Å². The number of aromatic nitrogens is 2. The van der Waals surface area contributed by atoms with Crippen molar-refractivity contribution in [2.24, 2.45) is 5.73 Å². The van der Waals surface area contributed by atoms with E-state index in [0.29, 0.717) is 24.5 Å². The Morgan fingerprint density at radius 2 is 2.35 bits per heavy atom. The van der Waals surface area contributed by atoms with Crippen molar-refractivity contribution >= 4 is 23.0 Å². The third-order valence-corrected chi connectivity index (χ3v) is 2.39. The maximum Gasteiger partial charge on any atom is 0.159 e. The maximum atomic E-state index is 5.58. The first kappa shape index (κ1) is 13.8. The lowest BCUT2D eigenvalue weighted by Crippen LogP contribution is -2.28. The minimum atomic E-state index is -0.0683. The molecule has 0 aliphatic heterocycles. The molecule has 0 fully saturated rings. The number of ether oxygens (including phenoxy) is 2. The number of rotatable bonds is 7. The fourth-order valence-electron chi connectivity index (χ4n) is 1.27. The van der Waals surface area contributed by atoms with E-state index in [0.717, 1.165) is 0 Å². The maximum absolute atomic E-state index is 5.58. The van der Waals surface area contributed by atoms with Gasteiger partial charge in [0.2, 0.25) is 0 Å². The number of hydrogen-bond acceptors (Lipinski definition) is 6. The van der Waals surface area contributed by atoms with Crippen LogP contribution in [0, 0.1) is 0 Å². The second-order valence-electron chi connectivity index (χ2n) is 3.35. The van der Waals surface area contributed by atoms with Crippen LogP contribution in [0.2, 0.25) is 0 Å². The van der Waals surface area contributed by atoms with Gasteiger partial charge in [0.05, 0.1) is 24.5 Å². The number of nitrogens with one attached hydrogen (secondary N) is 1. The average molecular weight is 256 g/mol. The van der Waals surface area contributed by atoms with Crippen LogP contribution >= 0.6 is 12.2 Å². The monoisotopic (exact) mass is 256 g/mol. The van der Waals surface area contributed by atoms with Crippen LogP contribution < -0.4 is 11.1 Å². The largest absolute Gasteiger partial charge is 0.389 e. The Labute approximate surface area is 106 Å². The molecule has 0 aliphatic carbocycles. The third-order valence-electron chi connectivity index (χ3n) is 2.17. The highest BCUT2D eigenvalue weighted by atomic mass is 32.1. The summed E-state index contributed by atoms with van der Waals surface area (Å²) >= 11 is 4.92. The van der Waals surface area contributed by atoms with Crippen molar-refractivity contribution in [1.29, 1.82) is 0 Å². The van der Waals surface area contributed by atoms with Crippen molar-refractivity contribution in [2.45, 2.75) is 6.10 Å². The summed E-state index contributed by atoms with van der Waals surface area (Å²) in [5, 5.41) is 10.8. The van der Waals surface area contributed by atoms with Crippen molar-refractivity contribution in [2.75, 3.05) is 32.7 Å². The van der Waals surface area contributed by atoms with Crippen molar-refractivity contribution in [1.82, 2.24) is 10.2 Å². The van der Waals surface area contributed by atoms with E-state index in [-0.39, 0.29) is 11.1 Å². The Bertz CT molecular complexity index is 375. The van der Waals surface area contributed by atoms with Crippen LogP contribution in [0.25, 0.3) is 0 Å². The van der Waals surface area contributed by atoms with Gasteiger partial charge in [-0.3, -0.25) is 0 Å². The van der Waals surface area contributed by atoms with Gasteiger partial charge >= 0.3 is 0 Å². The lowest BCUT2D eigenvalue weighted by molar-refractivity contribution is 0.0365. The highest BCUT2D eigenvalue weighted by molar-refractivity contribution is 7.80. The molecule has 1 atom stereocenters. The second kappa shape index (κ2) is 7.10. The molecule has 6 nitrogen and oxygen atoms in total. The molecule has 1 aromatic rings. The van der Waals surface area contributed by atoms with Gasteiger partial charge in [-0.15, -0.1) is 5.10 Å². The molecule has 1 heterocycles. The molecule has 0 spiro atoms. The summed E-state index contributed by atoms with van der Waals surface area (Å²) in [6.07, 6.45) is 1.48. The average Bonchev–Trinajstić information content (AvgIpc) is 2.34. The molecular formula is C10H16N4O2S. The van der Waals surface area contributed by atoms with E-state index in [1.54, 1.807) is 26.5 Å². The molecule has 0 saturated carbocycles. The van der Waals surface area contributed by atoms with Gasteiger partial charge in [-0.1, -0.05) is 12.2 Å². The Kier molecular flexibility index (Phi) is 5.75. The molecular weight excluding hydrogens is 240 g/mol. The van der Waals surface area contributed by atoms with Gasteiger partial charge in [-0.25, -0.2) is 0 Å². The summed E-state index contributed by atoms with van der Waals surface area (Å²) < 4.78 is 10.2. The van der Waals surface area contributed by atoms with Crippen LogP contribution in [-0.2, 0) is 9.47 Å². The summed E-state index contributed by atoms with van der Waals surface area (Å²) in [5.41, 5.74) is 6.25. The van der Waals surface area contributed by atoms with Crippen molar-refractivity contribution in [3.05, 3.63) is 17.8 Å². The number of methoxy groups -OCH3 is 2. The van der Waals surface area contributed by atoms with Crippen molar-refractivity contribution in [3.8, 4) is 0 Å². The van der Waals surface area contributed by atoms with E-state index in [4.69, 9.17) is 27.4 Å². The number of nitrogens with zero attached hydrogens (tertiary/aromatic N) is 2. The first-order chi connectivity index (χ1) is 8.19. The van der Waals surface area contributed by atoms with Gasteiger partial charge in [-0.2, -0.15) is 5.10 Å². The third kappa shape index (κ3) is 4.22. The SMILES string of the molecule is COCC(CNc1nnccc1C(N)=S)OC. The Morgan fingerprint density at radius 1 is 1.59 bits per heavy atom. The fraction of sp³-hybridized carbons (Fsp3) is 0.500. The number of hydrogen-bond donors (Lipinski definition) is 2. The standard InChI is InChI=1S/C10H16N4O2S/c1-15-6-7(16-2)5-12-10-8(9(11)17)3-4-13-14-10/h3-4,7H,5-6H2,1-2H3,(H2,11,17)(H,12,14). The van der Waals surface area contributed by atoms with Gasteiger partial charge in [0.15, 0.2) is 5.82 Å². The van der Waals surface area contributed by atoms with Gasteiger partial charge in [0.25, 0.3) is 0 Å². The zero-order chi connectivity index (χ0) is 12.7. The number of nitrogens with two attached hydrogens (primary N) is 1. The molecule has 0 aliphatic rings. The van der Waals surface area contributed by atoms with E-state index >= 15 is 0 Å². The van der Waals surface area contributed by atoms with E-state index < -0.39 is 0 Å². The first-order valence-corrected chi connectivity index (χ1v) is 5.47. The minimum absolute atomic E-state index is 0.0683. The van der Waals surface area contributed by atoms with Gasteiger partial charge in [-0.05, 0) is 6.07 Å².